The van der Waals surface area contributed by atoms with E-state index in [4.69, 9.17) is 5.73 Å². The Hall–Kier alpha value is -4.29. The molecular formula is C30H28N2O9. The van der Waals surface area contributed by atoms with Crippen LogP contribution in [0.15, 0.2) is 36.4 Å². The number of hydrogen-bond acceptors (Lipinski definition) is 10. The van der Waals surface area contributed by atoms with Crippen molar-refractivity contribution in [3.8, 4) is 17.2 Å². The number of aliphatic hydroxyl groups excluding tert-OH is 2. The van der Waals surface area contributed by atoms with Crippen LogP contribution in [0.5, 0.6) is 17.2 Å². The Labute approximate surface area is 233 Å². The zero-order valence-corrected chi connectivity index (χ0v) is 22.1. The summed E-state index contributed by atoms with van der Waals surface area (Å²) < 4.78 is 0. The molecule has 3 aliphatic carbocycles. The van der Waals surface area contributed by atoms with E-state index >= 15 is 0 Å². The summed E-state index contributed by atoms with van der Waals surface area (Å²) in [6.45, 7) is 0. The van der Waals surface area contributed by atoms with Crippen LogP contribution in [-0.2, 0) is 20.8 Å². The molecule has 0 spiro atoms. The number of primary amides is 1. The topological polar surface area (TPSA) is 202 Å². The van der Waals surface area contributed by atoms with Crippen molar-refractivity contribution in [3.05, 3.63) is 64.2 Å². The van der Waals surface area contributed by atoms with E-state index in [1.54, 1.807) is 6.07 Å². The van der Waals surface area contributed by atoms with Crippen molar-refractivity contribution < 1.29 is 45.0 Å². The lowest BCUT2D eigenvalue weighted by Gasteiger charge is -2.53. The number of nitrogens with zero attached hydrogens (tertiary/aromatic N) is 1. The average Bonchev–Trinajstić information content (AvgIpc) is 3.34. The van der Waals surface area contributed by atoms with Crippen molar-refractivity contribution in [2.75, 3.05) is 14.1 Å². The first kappa shape index (κ1) is 26.9. The molecule has 2 unspecified atom stereocenters. The molecule has 0 saturated heterocycles. The highest BCUT2D eigenvalue weighted by Crippen LogP contribution is 2.60. The molecule has 0 aromatic heterocycles. The molecule has 0 aliphatic heterocycles. The van der Waals surface area contributed by atoms with Crippen LogP contribution in [0.4, 0.5) is 0 Å². The van der Waals surface area contributed by atoms with Gasteiger partial charge in [-0.15, -0.1) is 0 Å². The first-order valence-corrected chi connectivity index (χ1v) is 13.0. The van der Waals surface area contributed by atoms with E-state index in [1.807, 2.05) is 30.3 Å². The van der Waals surface area contributed by atoms with E-state index in [0.717, 1.165) is 16.7 Å². The lowest BCUT2D eigenvalue weighted by molar-refractivity contribution is -0.202. The Kier molecular flexibility index (Phi) is 5.81. The summed E-state index contributed by atoms with van der Waals surface area (Å²) in [5.74, 6) is -9.46. The molecule has 3 aliphatic rings. The third-order valence-electron chi connectivity index (χ3n) is 8.83. The highest BCUT2D eigenvalue weighted by atomic mass is 16.4. The Morgan fingerprint density at radius 2 is 1.66 bits per heavy atom. The first-order chi connectivity index (χ1) is 19.3. The molecule has 3 aromatic rings. The van der Waals surface area contributed by atoms with Crippen molar-refractivity contribution in [2.24, 2.45) is 17.6 Å². The van der Waals surface area contributed by atoms with Gasteiger partial charge in [0.2, 0.25) is 5.91 Å². The number of carbonyl (C=O) groups is 3. The standard InChI is InChI=1S/C30H28N2O9/c1-32(2)21-20-25(36)17-18(27(38)30(20,41)28(39)19(26(21)37)29(31)40)24(35)16-15(23(17)34)8-7-14(22(16)33)13-9-11-5-3-4-6-12(11)10-13/h3-9,19-21,25,27,33-36,38,41H,10H2,1-2H3,(H2,31,40)/t19?,20-,21+,25+,27?,30+/m0/s1. The van der Waals surface area contributed by atoms with Crippen LogP contribution in [0.2, 0.25) is 0 Å². The number of aliphatic hydroxyl groups is 3. The van der Waals surface area contributed by atoms with Crippen LogP contribution in [0, 0.1) is 11.8 Å². The number of fused-ring (bicyclic) bond motifs is 4. The van der Waals surface area contributed by atoms with E-state index in [2.05, 4.69) is 0 Å². The summed E-state index contributed by atoms with van der Waals surface area (Å²) >= 11 is 0. The number of carbonyl (C=O) groups excluding carboxylic acids is 3. The van der Waals surface area contributed by atoms with Crippen molar-refractivity contribution in [3.63, 3.8) is 0 Å². The molecule has 11 heteroatoms. The number of ketones is 2. The lowest BCUT2D eigenvalue weighted by atomic mass is 9.56. The number of allylic oxidation sites excluding steroid dienone is 1. The molecule has 1 amide bonds. The third-order valence-corrected chi connectivity index (χ3v) is 8.83. The van der Waals surface area contributed by atoms with Gasteiger partial charge in [-0.05, 0) is 43.3 Å². The van der Waals surface area contributed by atoms with Crippen LogP contribution >= 0.6 is 0 Å². The van der Waals surface area contributed by atoms with Gasteiger partial charge >= 0.3 is 0 Å². The maximum absolute atomic E-state index is 13.5. The normalized spacial score (nSPS) is 28.8. The van der Waals surface area contributed by atoms with E-state index < -0.39 is 81.5 Å². The molecule has 3 aromatic carbocycles. The summed E-state index contributed by atoms with van der Waals surface area (Å²) in [6, 6.07) is 9.14. The monoisotopic (exact) mass is 560 g/mol. The van der Waals surface area contributed by atoms with Gasteiger partial charge in [0.05, 0.1) is 23.4 Å². The predicted octanol–water partition coefficient (Wildman–Crippen LogP) is 0.665. The van der Waals surface area contributed by atoms with E-state index in [0.29, 0.717) is 12.0 Å². The molecular weight excluding hydrogens is 532 g/mol. The first-order valence-electron chi connectivity index (χ1n) is 13.0. The van der Waals surface area contributed by atoms with Gasteiger partial charge in [0.25, 0.3) is 0 Å². The second-order valence-corrected chi connectivity index (χ2v) is 11.2. The fourth-order valence-corrected chi connectivity index (χ4v) is 6.94. The van der Waals surface area contributed by atoms with Gasteiger partial charge in [-0.2, -0.15) is 0 Å². The molecule has 6 atom stereocenters. The summed E-state index contributed by atoms with van der Waals surface area (Å²) in [4.78, 5) is 40.1. The number of phenols is 3. The van der Waals surface area contributed by atoms with Crippen molar-refractivity contribution in [2.45, 2.75) is 30.3 Å². The predicted molar refractivity (Wildman–Crippen MR) is 145 cm³/mol. The molecule has 0 bridgehead atoms. The fraction of sp³-hybridized carbons (Fsp3) is 0.300. The zero-order valence-electron chi connectivity index (χ0n) is 22.1. The minimum Gasteiger partial charge on any atom is -0.507 e. The smallest absolute Gasteiger partial charge is 0.235 e. The molecule has 11 nitrogen and oxygen atoms in total. The van der Waals surface area contributed by atoms with Gasteiger partial charge in [-0.3, -0.25) is 19.3 Å². The molecule has 41 heavy (non-hydrogen) atoms. The van der Waals surface area contributed by atoms with Crippen molar-refractivity contribution in [1.29, 1.82) is 0 Å². The van der Waals surface area contributed by atoms with Gasteiger partial charge in [0, 0.05) is 22.1 Å². The molecule has 0 heterocycles. The van der Waals surface area contributed by atoms with Crippen LogP contribution in [0.25, 0.3) is 22.4 Å². The summed E-state index contributed by atoms with van der Waals surface area (Å²) in [5.41, 5.74) is 4.39. The molecule has 1 saturated carbocycles. The van der Waals surface area contributed by atoms with Crippen LogP contribution in [0.3, 0.4) is 0 Å². The number of aromatic hydroxyl groups is 3. The lowest BCUT2D eigenvalue weighted by Crippen LogP contribution is -2.71. The molecule has 0 radical (unpaired) electrons. The van der Waals surface area contributed by atoms with Crippen LogP contribution < -0.4 is 5.73 Å². The molecule has 212 valence electrons. The second kappa shape index (κ2) is 8.85. The summed E-state index contributed by atoms with van der Waals surface area (Å²) in [6.07, 6.45) is -1.92. The van der Waals surface area contributed by atoms with E-state index in [1.165, 1.54) is 25.1 Å². The van der Waals surface area contributed by atoms with Gasteiger partial charge in [0.15, 0.2) is 23.1 Å². The average molecular weight is 561 g/mol. The maximum atomic E-state index is 13.5. The highest BCUT2D eigenvalue weighted by Gasteiger charge is 2.68. The molecule has 6 rings (SSSR count). The van der Waals surface area contributed by atoms with Crippen LogP contribution in [-0.4, -0.2) is 78.8 Å². The minimum absolute atomic E-state index is 0.0693. The Bertz CT molecular complexity index is 1730. The highest BCUT2D eigenvalue weighted by molar-refractivity contribution is 6.24. The molecule has 8 N–H and O–H groups in total. The number of hydrogen-bond donors (Lipinski definition) is 7. The Morgan fingerprint density at radius 1 is 0.976 bits per heavy atom. The number of benzene rings is 3. The van der Waals surface area contributed by atoms with E-state index in [9.17, 15) is 45.0 Å². The third kappa shape index (κ3) is 3.37. The quantitative estimate of drug-likeness (QED) is 0.176. The Morgan fingerprint density at radius 3 is 2.29 bits per heavy atom. The zero-order chi connectivity index (χ0) is 29.7. The minimum atomic E-state index is -2.96. The van der Waals surface area contributed by atoms with Gasteiger partial charge in [0.1, 0.15) is 23.4 Å². The second-order valence-electron chi connectivity index (χ2n) is 11.2. The number of Topliss-reactive ketones (excluding diaryl/α,β-unsaturated/α-hetero) is 2. The number of rotatable bonds is 3. The van der Waals surface area contributed by atoms with Crippen molar-refractivity contribution in [1.82, 2.24) is 4.90 Å². The number of likely N-dealkylation sites (N-methyl/N-ethyl adjacent to an activating group) is 1. The van der Waals surface area contributed by atoms with Gasteiger partial charge in [-0.25, -0.2) is 0 Å². The van der Waals surface area contributed by atoms with Gasteiger partial charge in [-0.1, -0.05) is 36.4 Å². The number of nitrogens with two attached hydrogens (primary N) is 1. The molecule has 1 fully saturated rings. The number of phenolic OH excluding ortho intramolecular Hbond substituents is 3. The van der Waals surface area contributed by atoms with Crippen LogP contribution in [0.1, 0.15) is 40.0 Å². The number of amides is 1. The Balaban J connectivity index is 1.60. The van der Waals surface area contributed by atoms with Crippen molar-refractivity contribution >= 4 is 39.9 Å². The summed E-state index contributed by atoms with van der Waals surface area (Å²) in [5, 5.41) is 68.6. The van der Waals surface area contributed by atoms with E-state index in [-0.39, 0.29) is 10.8 Å². The SMILES string of the molecule is CN(C)[C@H]1C(=O)C(C(N)=O)C(=O)[C@]2(O)C(O)c3c(c(O)c4ccc(C5=Cc6ccccc6C5)c(O)c4c3O)[C@@H](O)[C@H]12. The maximum Gasteiger partial charge on any atom is 0.235 e. The largest absolute Gasteiger partial charge is 0.507 e. The fourth-order valence-electron chi connectivity index (χ4n) is 6.94. The van der Waals surface area contributed by atoms with Gasteiger partial charge < -0.3 is 36.4 Å². The summed E-state index contributed by atoms with van der Waals surface area (Å²) in [7, 11) is 2.83.